The molecule has 11 nitrogen and oxygen atoms in total. The maximum atomic E-state index is 13.8. The second kappa shape index (κ2) is 15.4. The van der Waals surface area contributed by atoms with Gasteiger partial charge in [-0.3, -0.25) is 14.4 Å². The monoisotopic (exact) mass is 629 g/mol. The first-order valence-electron chi connectivity index (χ1n) is 15.4. The van der Waals surface area contributed by atoms with E-state index in [2.05, 4.69) is 20.9 Å². The molecule has 4 atom stereocenters. The van der Waals surface area contributed by atoms with Gasteiger partial charge in [0.15, 0.2) is 0 Å². The highest BCUT2D eigenvalue weighted by molar-refractivity contribution is 7.13. The number of β-amino-alcohol motifs (C(OH)–C–C–N with tert-alkyl or cyclic N) is 1. The molecular weight excluding hydrogens is 582 g/mol. The summed E-state index contributed by atoms with van der Waals surface area (Å²) in [4.78, 5) is 46.9. The fourth-order valence-electron chi connectivity index (χ4n) is 5.62. The number of benzene rings is 1. The largest absolute Gasteiger partial charge is 0.391 e. The number of hydrogen-bond acceptors (Lipinski definition) is 9. The summed E-state index contributed by atoms with van der Waals surface area (Å²) in [5, 5.41) is 19.6. The van der Waals surface area contributed by atoms with Crippen molar-refractivity contribution in [1.29, 1.82) is 0 Å². The number of aliphatic hydroxyl groups is 1. The van der Waals surface area contributed by atoms with E-state index < -0.39 is 35.4 Å². The number of aliphatic hydroxyl groups excluding tert-OH is 1. The summed E-state index contributed by atoms with van der Waals surface area (Å²) in [6, 6.07) is 5.87. The number of carbonyl (C=O) groups is 3. The zero-order valence-electron chi connectivity index (χ0n) is 26.4. The normalized spacial score (nSPS) is 20.7. The van der Waals surface area contributed by atoms with Crippen molar-refractivity contribution in [2.24, 2.45) is 5.41 Å². The molecule has 2 aliphatic rings. The third-order valence-electron chi connectivity index (χ3n) is 8.16. The van der Waals surface area contributed by atoms with Crippen LogP contribution in [0.1, 0.15) is 64.3 Å². The standard InChI is InChI=1S/C32H47N5O6S/c1-20(22-6-8-23(9-7-22)28-21(2)34-19-44-28)35-30(40)26-16-24(38)17-37(26)31(41)29(32(3,4)5)36-27(39)18-42-14-15-43-25-10-12-33-13-11-25/h6-9,19-20,24-26,29,33,38H,10-18H2,1-5H3,(H,35,40)(H,36,39)/t20-,24?,26?,29+/m0/s1. The van der Waals surface area contributed by atoms with Gasteiger partial charge in [-0.15, -0.1) is 11.3 Å². The summed E-state index contributed by atoms with van der Waals surface area (Å²) < 4.78 is 11.3. The lowest BCUT2D eigenvalue weighted by atomic mass is 9.85. The Hall–Kier alpha value is -2.90. The highest BCUT2D eigenvalue weighted by Gasteiger charge is 2.44. The van der Waals surface area contributed by atoms with Gasteiger partial charge in [0.2, 0.25) is 17.7 Å². The van der Waals surface area contributed by atoms with Crippen LogP contribution in [0, 0.1) is 12.3 Å². The van der Waals surface area contributed by atoms with Crippen LogP contribution >= 0.6 is 11.3 Å². The van der Waals surface area contributed by atoms with E-state index in [-0.39, 0.29) is 44.2 Å². The molecular formula is C32H47N5O6S. The molecule has 0 aliphatic carbocycles. The Balaban J connectivity index is 1.32. The minimum absolute atomic E-state index is 0.0151. The number of thiazole rings is 1. The number of amides is 3. The molecule has 4 N–H and O–H groups in total. The van der Waals surface area contributed by atoms with E-state index in [1.807, 2.05) is 64.4 Å². The Morgan fingerprint density at radius 1 is 1.14 bits per heavy atom. The van der Waals surface area contributed by atoms with Crippen LogP contribution in [-0.4, -0.2) is 96.5 Å². The summed E-state index contributed by atoms with van der Waals surface area (Å²) in [5.74, 6) is -1.18. The second-order valence-corrected chi connectivity index (χ2v) is 13.6. The lowest BCUT2D eigenvalue weighted by molar-refractivity contribution is -0.144. The van der Waals surface area contributed by atoms with Gasteiger partial charge in [-0.05, 0) is 56.3 Å². The maximum absolute atomic E-state index is 13.8. The molecule has 0 saturated carbocycles. The summed E-state index contributed by atoms with van der Waals surface area (Å²) in [6.45, 7) is 11.8. The van der Waals surface area contributed by atoms with Crippen molar-refractivity contribution in [3.8, 4) is 10.4 Å². The Morgan fingerprint density at radius 3 is 2.48 bits per heavy atom. The summed E-state index contributed by atoms with van der Waals surface area (Å²) >= 11 is 1.58. The molecule has 1 aromatic heterocycles. The molecule has 2 aliphatic heterocycles. The van der Waals surface area contributed by atoms with E-state index in [1.165, 1.54) is 4.90 Å². The summed E-state index contributed by atoms with van der Waals surface area (Å²) in [5.41, 5.74) is 4.13. The van der Waals surface area contributed by atoms with Crippen LogP contribution in [0.2, 0.25) is 0 Å². The predicted molar refractivity (Wildman–Crippen MR) is 169 cm³/mol. The number of likely N-dealkylation sites (tertiary alicyclic amines) is 1. The number of hydrogen-bond donors (Lipinski definition) is 4. The lowest BCUT2D eigenvalue weighted by Crippen LogP contribution is -2.58. The third-order valence-corrected chi connectivity index (χ3v) is 9.14. The average molecular weight is 630 g/mol. The highest BCUT2D eigenvalue weighted by atomic mass is 32.1. The molecule has 0 bridgehead atoms. The molecule has 12 heteroatoms. The molecule has 2 fully saturated rings. The molecule has 242 valence electrons. The van der Waals surface area contributed by atoms with Crippen LogP contribution in [0.3, 0.4) is 0 Å². The number of aryl methyl sites for hydroxylation is 1. The fraction of sp³-hybridized carbons (Fsp3) is 0.625. The van der Waals surface area contributed by atoms with Crippen LogP contribution in [0.25, 0.3) is 10.4 Å². The number of piperidine rings is 1. The molecule has 3 heterocycles. The molecule has 1 aromatic carbocycles. The van der Waals surface area contributed by atoms with Crippen LogP contribution in [0.15, 0.2) is 29.8 Å². The van der Waals surface area contributed by atoms with Crippen molar-refractivity contribution in [2.75, 3.05) is 39.5 Å². The van der Waals surface area contributed by atoms with Crippen molar-refractivity contribution in [2.45, 2.75) is 84.2 Å². The molecule has 0 spiro atoms. The van der Waals surface area contributed by atoms with Gasteiger partial charge in [0.1, 0.15) is 18.7 Å². The third kappa shape index (κ3) is 9.07. The maximum Gasteiger partial charge on any atom is 0.246 e. The van der Waals surface area contributed by atoms with E-state index in [1.54, 1.807) is 11.3 Å². The average Bonchev–Trinajstić information content (AvgIpc) is 3.60. The van der Waals surface area contributed by atoms with Crippen molar-refractivity contribution in [3.63, 3.8) is 0 Å². The molecule has 2 unspecified atom stereocenters. The molecule has 3 amide bonds. The van der Waals surface area contributed by atoms with Gasteiger partial charge in [0.25, 0.3) is 0 Å². The van der Waals surface area contributed by atoms with Gasteiger partial charge in [-0.1, -0.05) is 45.0 Å². The Bertz CT molecular complexity index is 1260. The number of carbonyl (C=O) groups excluding carboxylic acids is 3. The first kappa shape index (κ1) is 34.0. The van der Waals surface area contributed by atoms with Crippen LogP contribution < -0.4 is 16.0 Å². The van der Waals surface area contributed by atoms with Crippen molar-refractivity contribution in [1.82, 2.24) is 25.8 Å². The fourth-order valence-corrected chi connectivity index (χ4v) is 6.43. The Kier molecular flexibility index (Phi) is 11.9. The van der Waals surface area contributed by atoms with Crippen LogP contribution in [0.5, 0.6) is 0 Å². The first-order valence-corrected chi connectivity index (χ1v) is 16.3. The SMILES string of the molecule is Cc1ncsc1-c1ccc([C@H](C)NC(=O)C2CC(O)CN2C(=O)[C@@H](NC(=O)COCCOC2CCNCC2)C(C)(C)C)cc1. The first-order chi connectivity index (χ1) is 20.9. The predicted octanol–water partition coefficient (Wildman–Crippen LogP) is 2.57. The molecule has 0 radical (unpaired) electrons. The minimum Gasteiger partial charge on any atom is -0.391 e. The van der Waals surface area contributed by atoms with E-state index in [9.17, 15) is 19.5 Å². The second-order valence-electron chi connectivity index (χ2n) is 12.8. The van der Waals surface area contributed by atoms with Crippen molar-refractivity contribution >= 4 is 29.1 Å². The van der Waals surface area contributed by atoms with Crippen LogP contribution in [-0.2, 0) is 23.9 Å². The number of ether oxygens (including phenoxy) is 2. The van der Waals surface area contributed by atoms with E-state index in [0.29, 0.717) is 6.61 Å². The van der Waals surface area contributed by atoms with E-state index >= 15 is 0 Å². The lowest BCUT2D eigenvalue weighted by Gasteiger charge is -2.35. The summed E-state index contributed by atoms with van der Waals surface area (Å²) in [6.07, 6.45) is 1.41. The van der Waals surface area contributed by atoms with Crippen LogP contribution in [0.4, 0.5) is 0 Å². The number of rotatable bonds is 12. The molecule has 44 heavy (non-hydrogen) atoms. The molecule has 2 saturated heterocycles. The number of nitrogens with zero attached hydrogens (tertiary/aromatic N) is 2. The number of aromatic nitrogens is 1. The van der Waals surface area contributed by atoms with Gasteiger partial charge in [0.05, 0.1) is 47.5 Å². The van der Waals surface area contributed by atoms with E-state index in [4.69, 9.17) is 9.47 Å². The molecule has 4 rings (SSSR count). The van der Waals surface area contributed by atoms with E-state index in [0.717, 1.165) is 47.6 Å². The van der Waals surface area contributed by atoms with Gasteiger partial charge in [-0.2, -0.15) is 0 Å². The zero-order chi connectivity index (χ0) is 31.9. The topological polar surface area (TPSA) is 142 Å². The quantitative estimate of drug-likeness (QED) is 0.263. The van der Waals surface area contributed by atoms with Gasteiger partial charge < -0.3 is 35.4 Å². The van der Waals surface area contributed by atoms with Gasteiger partial charge in [0, 0.05) is 13.0 Å². The smallest absolute Gasteiger partial charge is 0.246 e. The Morgan fingerprint density at radius 2 is 1.84 bits per heavy atom. The molecule has 2 aromatic rings. The number of nitrogens with one attached hydrogen (secondary N) is 3. The zero-order valence-corrected chi connectivity index (χ0v) is 27.2. The Labute approximate surface area is 264 Å². The highest BCUT2D eigenvalue weighted by Crippen LogP contribution is 2.29. The summed E-state index contributed by atoms with van der Waals surface area (Å²) in [7, 11) is 0. The minimum atomic E-state index is -0.912. The van der Waals surface area contributed by atoms with Crippen molar-refractivity contribution in [3.05, 3.63) is 41.0 Å². The van der Waals surface area contributed by atoms with Gasteiger partial charge >= 0.3 is 0 Å². The van der Waals surface area contributed by atoms with Crippen molar-refractivity contribution < 1.29 is 29.0 Å². The van der Waals surface area contributed by atoms with Gasteiger partial charge in [-0.25, -0.2) is 4.98 Å².